The molecular weight excluding hydrogens is 204 g/mol. The second-order valence-electron chi connectivity index (χ2n) is 3.44. The number of rotatable bonds is 1. The van der Waals surface area contributed by atoms with Gasteiger partial charge in [-0.2, -0.15) is 5.10 Å². The van der Waals surface area contributed by atoms with Gasteiger partial charge in [-0.1, -0.05) is 23.1 Å². The first-order chi connectivity index (χ1) is 7.84. The molecule has 0 amide bonds. The fraction of sp³-hybridized carbons (Fsp3) is 0. The molecule has 5 heteroatoms. The van der Waals surface area contributed by atoms with Crippen molar-refractivity contribution < 1.29 is 4.43 Å². The lowest BCUT2D eigenvalue weighted by molar-refractivity contribution is -0.509. The maximum absolute atomic E-state index is 11.4. The Morgan fingerprint density at radius 1 is 1.19 bits per heavy atom. The Morgan fingerprint density at radius 2 is 2.00 bits per heavy atom. The van der Waals surface area contributed by atoms with Gasteiger partial charge in [0, 0.05) is 16.7 Å². The van der Waals surface area contributed by atoms with E-state index in [0.717, 1.165) is 10.1 Å². The smallest absolute Gasteiger partial charge is 0.216 e. The van der Waals surface area contributed by atoms with Gasteiger partial charge in [-0.15, -0.1) is 4.98 Å². The zero-order valence-corrected chi connectivity index (χ0v) is 8.37. The summed E-state index contributed by atoms with van der Waals surface area (Å²) >= 11 is 0. The molecule has 0 radical (unpaired) electrons. The van der Waals surface area contributed by atoms with E-state index in [1.54, 1.807) is 10.7 Å². The monoisotopic (exact) mass is 213 g/mol. The number of nitrogens with zero attached hydrogens (tertiary/aromatic N) is 3. The molecule has 0 aromatic heterocycles. The zero-order valence-electron chi connectivity index (χ0n) is 8.37. The van der Waals surface area contributed by atoms with Gasteiger partial charge in [-0.05, 0) is 12.1 Å². The van der Waals surface area contributed by atoms with Gasteiger partial charge in [-0.3, -0.25) is 0 Å². The van der Waals surface area contributed by atoms with Crippen molar-refractivity contribution in [3.05, 3.63) is 64.7 Å². The fourth-order valence-corrected chi connectivity index (χ4v) is 1.61. The summed E-state index contributed by atoms with van der Waals surface area (Å²) in [5.74, 6) is 0. The highest BCUT2D eigenvalue weighted by atomic mass is 16.3. The Hall–Kier alpha value is -2.43. The minimum absolute atomic E-state index is 0.450. The lowest BCUT2D eigenvalue weighted by atomic mass is 10.3. The van der Waals surface area contributed by atoms with Crippen molar-refractivity contribution in [3.63, 3.8) is 0 Å². The van der Waals surface area contributed by atoms with Crippen molar-refractivity contribution in [2.45, 2.75) is 0 Å². The van der Waals surface area contributed by atoms with Crippen LogP contribution in [0.25, 0.3) is 5.69 Å². The second kappa shape index (κ2) is 3.30. The molecule has 0 spiro atoms. The molecule has 0 atom stereocenters. The zero-order chi connectivity index (χ0) is 11.0. The van der Waals surface area contributed by atoms with Gasteiger partial charge in [0.1, 0.15) is 0 Å². The molecule has 0 bridgehead atoms. The number of hydrogen-bond acceptors (Lipinski definition) is 2. The third-order valence-corrected chi connectivity index (χ3v) is 2.41. The van der Waals surface area contributed by atoms with Gasteiger partial charge < -0.3 is 0 Å². The van der Waals surface area contributed by atoms with E-state index in [-0.39, 0.29) is 0 Å². The van der Waals surface area contributed by atoms with E-state index in [0.29, 0.717) is 10.8 Å². The number of H-pyrrole nitrogens is 1. The van der Waals surface area contributed by atoms with Crippen LogP contribution in [0.3, 0.4) is 0 Å². The Labute approximate surface area is 90.2 Å². The van der Waals surface area contributed by atoms with Crippen LogP contribution in [0.4, 0.5) is 0 Å². The van der Waals surface area contributed by atoms with Crippen molar-refractivity contribution in [1.29, 1.82) is 0 Å². The van der Waals surface area contributed by atoms with Crippen molar-refractivity contribution >= 4 is 0 Å². The quantitative estimate of drug-likeness (QED) is 0.609. The third-order valence-electron chi connectivity index (χ3n) is 2.41. The topological polar surface area (TPSA) is 56.6 Å². The molecule has 5 nitrogen and oxygen atoms in total. The molecule has 78 valence electrons. The van der Waals surface area contributed by atoms with Gasteiger partial charge in [0.2, 0.25) is 5.35 Å². The Bertz CT molecular complexity index is 729. The van der Waals surface area contributed by atoms with Crippen molar-refractivity contribution in [2.24, 2.45) is 0 Å². The van der Waals surface area contributed by atoms with Crippen molar-refractivity contribution in [3.8, 4) is 5.69 Å². The summed E-state index contributed by atoms with van der Waals surface area (Å²) in [6, 6.07) is 11.5. The van der Waals surface area contributed by atoms with Crippen LogP contribution in [0.15, 0.2) is 48.9 Å². The largest absolute Gasteiger partial charge is 0.329 e. The van der Waals surface area contributed by atoms with Gasteiger partial charge in [0.15, 0.2) is 0 Å². The lowest BCUT2D eigenvalue weighted by Gasteiger charge is -2.01. The summed E-state index contributed by atoms with van der Waals surface area (Å²) in [7, 11) is 0. The molecule has 16 heavy (non-hydrogen) atoms. The van der Waals surface area contributed by atoms with E-state index in [1.807, 2.05) is 36.5 Å². The molecule has 0 fully saturated rings. The molecule has 0 unspecified atom stereocenters. The van der Waals surface area contributed by atoms with Crippen LogP contribution in [-0.4, -0.2) is 14.8 Å². The van der Waals surface area contributed by atoms with E-state index >= 15 is 0 Å². The number of aromatic amines is 1. The molecule has 1 N–H and O–H groups in total. The number of aromatic nitrogens is 4. The first-order valence-corrected chi connectivity index (χ1v) is 4.88. The van der Waals surface area contributed by atoms with Crippen LogP contribution >= 0.6 is 0 Å². The molecule has 3 rings (SSSR count). The van der Waals surface area contributed by atoms with E-state index in [9.17, 15) is 4.91 Å². The maximum atomic E-state index is 11.4. The number of benzene rings is 1. The summed E-state index contributed by atoms with van der Waals surface area (Å²) in [5.41, 5.74) is 1.41. The standard InChI is InChI=1S/C11H9N4O/c16-15-8-12-10-6-7-14(13-11(10)15)9-4-2-1-3-5-9/h1-8,13H/q+1. The minimum Gasteiger partial charge on any atom is -0.216 e. The molecule has 0 saturated heterocycles. The predicted molar refractivity (Wildman–Crippen MR) is 56.6 cm³/mol. The number of nitrogens with one attached hydrogen (secondary N) is 1. The van der Waals surface area contributed by atoms with E-state index < -0.39 is 0 Å². The molecule has 0 saturated carbocycles. The fourth-order valence-electron chi connectivity index (χ4n) is 1.61. The molecule has 0 aliphatic carbocycles. The van der Waals surface area contributed by atoms with Crippen LogP contribution < -0.4 is 4.43 Å². The van der Waals surface area contributed by atoms with Crippen molar-refractivity contribution in [2.75, 3.05) is 0 Å². The molecule has 2 heterocycles. The summed E-state index contributed by atoms with van der Waals surface area (Å²) in [6.07, 6.45) is 3.08. The molecule has 1 aromatic carbocycles. The maximum Gasteiger partial charge on any atom is 0.329 e. The molecule has 2 aliphatic rings. The average molecular weight is 213 g/mol. The second-order valence-corrected chi connectivity index (χ2v) is 3.44. The molecule has 1 aromatic rings. The van der Waals surface area contributed by atoms with Crippen LogP contribution in [0, 0.1) is 15.7 Å². The van der Waals surface area contributed by atoms with E-state index in [4.69, 9.17) is 0 Å². The SMILES string of the molecule is O=[n+]1cnc2ccn(-c3ccccc3)[nH]c1=2. The van der Waals surface area contributed by atoms with Crippen LogP contribution in [0.5, 0.6) is 0 Å². The van der Waals surface area contributed by atoms with E-state index in [1.165, 1.54) is 6.33 Å². The van der Waals surface area contributed by atoms with Crippen LogP contribution in [0.1, 0.15) is 0 Å². The Morgan fingerprint density at radius 3 is 2.81 bits per heavy atom. The van der Waals surface area contributed by atoms with Gasteiger partial charge in [0.05, 0.1) is 5.69 Å². The molecule has 2 aliphatic heterocycles. The van der Waals surface area contributed by atoms with E-state index in [2.05, 4.69) is 10.1 Å². The van der Waals surface area contributed by atoms with Gasteiger partial charge in [-0.25, -0.2) is 4.68 Å². The average Bonchev–Trinajstić information content (AvgIpc) is 2.72. The number of para-hydroxylation sites is 1. The lowest BCUT2D eigenvalue weighted by Crippen LogP contribution is -2.15. The normalized spacial score (nSPS) is 10.8. The highest BCUT2D eigenvalue weighted by Crippen LogP contribution is 2.03. The highest BCUT2D eigenvalue weighted by Gasteiger charge is 2.05. The predicted octanol–water partition coefficient (Wildman–Crippen LogP) is 0.840. The van der Waals surface area contributed by atoms with Crippen LogP contribution in [-0.2, 0) is 0 Å². The third kappa shape index (κ3) is 1.30. The van der Waals surface area contributed by atoms with Gasteiger partial charge in [0.25, 0.3) is 6.33 Å². The number of hydrogen-bond donors (Lipinski definition) is 1. The minimum atomic E-state index is 0.450. The molecular formula is C11H9N4O+. The summed E-state index contributed by atoms with van der Waals surface area (Å²) in [6.45, 7) is 0. The highest BCUT2D eigenvalue weighted by molar-refractivity contribution is 5.29. The van der Waals surface area contributed by atoms with Gasteiger partial charge >= 0.3 is 5.48 Å². The first kappa shape index (κ1) is 8.84. The Kier molecular flexibility index (Phi) is 1.83. The summed E-state index contributed by atoms with van der Waals surface area (Å²) in [4.78, 5) is 15.3. The Balaban J connectivity index is 2.30. The summed E-state index contributed by atoms with van der Waals surface area (Å²) in [5, 5.41) is 3.65. The van der Waals surface area contributed by atoms with Crippen molar-refractivity contribution in [1.82, 2.24) is 14.8 Å². The van der Waals surface area contributed by atoms with Crippen LogP contribution in [0.2, 0.25) is 0 Å². The summed E-state index contributed by atoms with van der Waals surface area (Å²) < 4.78 is 2.49. The first-order valence-electron chi connectivity index (χ1n) is 4.88.